The average molecular weight is 421 g/mol. The maximum Gasteiger partial charge on any atom is 0.273 e. The standard InChI is InChI=1S/C23H24N4O2S/c1-17-7-5-6-10-19(17)21(28)25-23-24-20(16-30-23)22(29)27-13-11-26(12-14-27)15-18-8-3-2-4-9-18/h2-10,16H,11-15H2,1H3,(H,24,25,28). The van der Waals surface area contributed by atoms with E-state index in [0.717, 1.165) is 25.2 Å². The summed E-state index contributed by atoms with van der Waals surface area (Å²) >= 11 is 1.27. The first-order valence-corrected chi connectivity index (χ1v) is 10.9. The number of carbonyl (C=O) groups excluding carboxylic acids is 2. The minimum Gasteiger partial charge on any atom is -0.335 e. The number of aromatic nitrogens is 1. The van der Waals surface area contributed by atoms with E-state index in [1.165, 1.54) is 16.9 Å². The first-order chi connectivity index (χ1) is 14.6. The fourth-order valence-corrected chi connectivity index (χ4v) is 4.21. The number of nitrogens with one attached hydrogen (secondary N) is 1. The monoisotopic (exact) mass is 420 g/mol. The van der Waals surface area contributed by atoms with E-state index >= 15 is 0 Å². The summed E-state index contributed by atoms with van der Waals surface area (Å²) in [4.78, 5) is 33.8. The summed E-state index contributed by atoms with van der Waals surface area (Å²) in [6.45, 7) is 5.81. The van der Waals surface area contributed by atoms with Gasteiger partial charge in [-0.1, -0.05) is 48.5 Å². The number of nitrogens with zero attached hydrogens (tertiary/aromatic N) is 3. The summed E-state index contributed by atoms with van der Waals surface area (Å²) in [7, 11) is 0. The van der Waals surface area contributed by atoms with Crippen molar-refractivity contribution in [2.45, 2.75) is 13.5 Å². The van der Waals surface area contributed by atoms with Crippen LogP contribution in [-0.4, -0.2) is 52.8 Å². The topological polar surface area (TPSA) is 65.5 Å². The van der Waals surface area contributed by atoms with Gasteiger partial charge in [0.1, 0.15) is 5.69 Å². The molecular formula is C23H24N4O2S. The normalized spacial score (nSPS) is 14.5. The molecule has 0 aliphatic carbocycles. The first-order valence-electron chi connectivity index (χ1n) is 9.98. The number of carbonyl (C=O) groups is 2. The lowest BCUT2D eigenvalue weighted by Gasteiger charge is -2.34. The number of hydrogen-bond donors (Lipinski definition) is 1. The van der Waals surface area contributed by atoms with Crippen molar-refractivity contribution in [2.24, 2.45) is 0 Å². The van der Waals surface area contributed by atoms with Crippen molar-refractivity contribution in [3.63, 3.8) is 0 Å². The van der Waals surface area contributed by atoms with E-state index in [-0.39, 0.29) is 11.8 Å². The number of anilines is 1. The maximum absolute atomic E-state index is 12.8. The summed E-state index contributed by atoms with van der Waals surface area (Å²) in [5.74, 6) is -0.294. The average Bonchev–Trinajstić information content (AvgIpc) is 3.23. The third-order valence-electron chi connectivity index (χ3n) is 5.24. The van der Waals surface area contributed by atoms with Crippen LogP contribution >= 0.6 is 11.3 Å². The van der Waals surface area contributed by atoms with Crippen LogP contribution in [-0.2, 0) is 6.54 Å². The highest BCUT2D eigenvalue weighted by atomic mass is 32.1. The van der Waals surface area contributed by atoms with Crippen LogP contribution in [0.2, 0.25) is 0 Å². The third kappa shape index (κ3) is 4.75. The molecule has 1 fully saturated rings. The molecule has 6 nitrogen and oxygen atoms in total. The zero-order valence-corrected chi connectivity index (χ0v) is 17.7. The van der Waals surface area contributed by atoms with Gasteiger partial charge in [0.25, 0.3) is 11.8 Å². The Balaban J connectivity index is 1.32. The Morgan fingerprint density at radius 1 is 1.00 bits per heavy atom. The van der Waals surface area contributed by atoms with Crippen molar-refractivity contribution < 1.29 is 9.59 Å². The van der Waals surface area contributed by atoms with Crippen molar-refractivity contribution >= 4 is 28.3 Å². The number of rotatable bonds is 5. The zero-order valence-electron chi connectivity index (χ0n) is 16.9. The summed E-state index contributed by atoms with van der Waals surface area (Å²) in [6, 6.07) is 17.8. The summed E-state index contributed by atoms with van der Waals surface area (Å²) in [5.41, 5.74) is 3.17. The maximum atomic E-state index is 12.8. The Labute approximate surface area is 180 Å². The molecule has 1 N–H and O–H groups in total. The number of piperazine rings is 1. The molecule has 1 saturated heterocycles. The van der Waals surface area contributed by atoms with Crippen molar-refractivity contribution in [1.82, 2.24) is 14.8 Å². The molecule has 1 aromatic heterocycles. The van der Waals surface area contributed by atoms with Gasteiger partial charge >= 0.3 is 0 Å². The zero-order chi connectivity index (χ0) is 20.9. The van der Waals surface area contributed by atoms with Crippen molar-refractivity contribution in [2.75, 3.05) is 31.5 Å². The van der Waals surface area contributed by atoms with E-state index < -0.39 is 0 Å². The van der Waals surface area contributed by atoms with Crippen LogP contribution in [0.15, 0.2) is 60.0 Å². The van der Waals surface area contributed by atoms with E-state index in [1.54, 1.807) is 11.4 Å². The molecular weight excluding hydrogens is 396 g/mol. The van der Waals surface area contributed by atoms with Crippen LogP contribution in [0, 0.1) is 6.92 Å². The smallest absolute Gasteiger partial charge is 0.273 e. The lowest BCUT2D eigenvalue weighted by molar-refractivity contribution is 0.0623. The molecule has 154 valence electrons. The highest BCUT2D eigenvalue weighted by Gasteiger charge is 2.24. The number of thiazole rings is 1. The van der Waals surface area contributed by atoms with Crippen LogP contribution in [0.25, 0.3) is 0 Å². The van der Waals surface area contributed by atoms with E-state index in [4.69, 9.17) is 0 Å². The van der Waals surface area contributed by atoms with Gasteiger partial charge in [-0.15, -0.1) is 11.3 Å². The van der Waals surface area contributed by atoms with E-state index in [2.05, 4.69) is 27.3 Å². The second kappa shape index (κ2) is 9.19. The van der Waals surface area contributed by atoms with Gasteiger partial charge in [-0.25, -0.2) is 4.98 Å². The molecule has 1 aliphatic heterocycles. The summed E-state index contributed by atoms with van der Waals surface area (Å²) in [6.07, 6.45) is 0. The molecule has 1 aliphatic rings. The van der Waals surface area contributed by atoms with Gasteiger partial charge in [0.2, 0.25) is 0 Å². The van der Waals surface area contributed by atoms with Crippen molar-refractivity contribution in [1.29, 1.82) is 0 Å². The molecule has 0 bridgehead atoms. The molecule has 0 radical (unpaired) electrons. The molecule has 3 aromatic rings. The van der Waals surface area contributed by atoms with Crippen LogP contribution in [0.5, 0.6) is 0 Å². The minimum absolute atomic E-state index is 0.0815. The van der Waals surface area contributed by atoms with Gasteiger partial charge in [-0.05, 0) is 24.1 Å². The molecule has 0 saturated carbocycles. The van der Waals surface area contributed by atoms with Crippen LogP contribution in [0.4, 0.5) is 5.13 Å². The second-order valence-electron chi connectivity index (χ2n) is 7.36. The van der Waals surface area contributed by atoms with Crippen LogP contribution < -0.4 is 5.32 Å². The highest BCUT2D eigenvalue weighted by Crippen LogP contribution is 2.19. The Kier molecular flexibility index (Phi) is 6.21. The Bertz CT molecular complexity index is 1030. The first kappa shape index (κ1) is 20.3. The van der Waals surface area contributed by atoms with Crippen LogP contribution in [0.1, 0.15) is 32.0 Å². The van der Waals surface area contributed by atoms with Gasteiger partial charge in [0.15, 0.2) is 5.13 Å². The summed E-state index contributed by atoms with van der Waals surface area (Å²) < 4.78 is 0. The number of hydrogen-bond acceptors (Lipinski definition) is 5. The lowest BCUT2D eigenvalue weighted by atomic mass is 10.1. The van der Waals surface area contributed by atoms with Crippen molar-refractivity contribution in [3.05, 3.63) is 82.4 Å². The molecule has 0 atom stereocenters. The Hall–Kier alpha value is -3.03. The van der Waals surface area contributed by atoms with E-state index in [9.17, 15) is 9.59 Å². The lowest BCUT2D eigenvalue weighted by Crippen LogP contribution is -2.48. The molecule has 0 spiro atoms. The van der Waals surface area contributed by atoms with E-state index in [1.807, 2.05) is 48.2 Å². The van der Waals surface area contributed by atoms with Gasteiger partial charge in [0.05, 0.1) is 0 Å². The quantitative estimate of drug-likeness (QED) is 0.684. The number of benzene rings is 2. The Morgan fingerprint density at radius 3 is 2.43 bits per heavy atom. The largest absolute Gasteiger partial charge is 0.335 e. The predicted octanol–water partition coefficient (Wildman–Crippen LogP) is 3.66. The van der Waals surface area contributed by atoms with E-state index in [0.29, 0.717) is 29.5 Å². The number of amides is 2. The van der Waals surface area contributed by atoms with Gasteiger partial charge in [-0.2, -0.15) is 0 Å². The highest BCUT2D eigenvalue weighted by molar-refractivity contribution is 7.14. The summed E-state index contributed by atoms with van der Waals surface area (Å²) in [5, 5.41) is 4.95. The van der Waals surface area contributed by atoms with Gasteiger partial charge in [0, 0.05) is 43.7 Å². The molecule has 4 rings (SSSR count). The molecule has 2 heterocycles. The molecule has 0 unspecified atom stereocenters. The Morgan fingerprint density at radius 2 is 1.70 bits per heavy atom. The minimum atomic E-state index is -0.212. The second-order valence-corrected chi connectivity index (χ2v) is 8.22. The third-order valence-corrected chi connectivity index (χ3v) is 6.00. The SMILES string of the molecule is Cc1ccccc1C(=O)Nc1nc(C(=O)N2CCN(Cc3ccccc3)CC2)cs1. The van der Waals surface area contributed by atoms with Gasteiger partial charge < -0.3 is 4.90 Å². The molecule has 2 aromatic carbocycles. The fraction of sp³-hybridized carbons (Fsp3) is 0.261. The number of aryl methyl sites for hydroxylation is 1. The molecule has 30 heavy (non-hydrogen) atoms. The fourth-order valence-electron chi connectivity index (χ4n) is 3.53. The molecule has 7 heteroatoms. The predicted molar refractivity (Wildman–Crippen MR) is 119 cm³/mol. The van der Waals surface area contributed by atoms with Crippen LogP contribution in [0.3, 0.4) is 0 Å². The van der Waals surface area contributed by atoms with Crippen molar-refractivity contribution in [3.8, 4) is 0 Å². The van der Waals surface area contributed by atoms with Gasteiger partial charge in [-0.3, -0.25) is 19.8 Å². The molecule has 2 amide bonds.